The van der Waals surface area contributed by atoms with Crippen molar-refractivity contribution < 1.29 is 15.3 Å². The summed E-state index contributed by atoms with van der Waals surface area (Å²) < 4.78 is 0. The van der Waals surface area contributed by atoms with Crippen molar-refractivity contribution >= 4 is 12.4 Å². The molecule has 0 bridgehead atoms. The molecule has 4 nitrogen and oxygen atoms in total. The zero-order valence-electron chi connectivity index (χ0n) is 7.55. The van der Waals surface area contributed by atoms with E-state index in [2.05, 4.69) is 0 Å². The van der Waals surface area contributed by atoms with E-state index in [4.69, 9.17) is 21.1 Å². The normalized spacial score (nSPS) is 11.9. The van der Waals surface area contributed by atoms with Crippen LogP contribution in [0, 0.1) is 0 Å². The molecule has 0 aromatic heterocycles. The Morgan fingerprint density at radius 3 is 2.36 bits per heavy atom. The van der Waals surface area contributed by atoms with Crippen LogP contribution in [0.5, 0.6) is 11.5 Å². The number of hydrogen-bond acceptors (Lipinski definition) is 4. The largest absolute Gasteiger partial charge is 0.504 e. The number of hydrogen-bond donors (Lipinski definition) is 4. The van der Waals surface area contributed by atoms with Crippen LogP contribution < -0.4 is 5.73 Å². The van der Waals surface area contributed by atoms with Crippen molar-refractivity contribution in [3.05, 3.63) is 23.8 Å². The molecule has 0 radical (unpaired) electrons. The van der Waals surface area contributed by atoms with Crippen LogP contribution in [-0.4, -0.2) is 21.9 Å². The van der Waals surface area contributed by atoms with Gasteiger partial charge in [-0.25, -0.2) is 0 Å². The zero-order valence-corrected chi connectivity index (χ0v) is 8.37. The average molecular weight is 220 g/mol. The van der Waals surface area contributed by atoms with Crippen LogP contribution in [0.2, 0.25) is 0 Å². The van der Waals surface area contributed by atoms with Gasteiger partial charge in [-0.1, -0.05) is 6.07 Å². The minimum absolute atomic E-state index is 0. The van der Waals surface area contributed by atoms with Crippen molar-refractivity contribution in [2.24, 2.45) is 5.73 Å². The molecule has 0 heterocycles. The summed E-state index contributed by atoms with van der Waals surface area (Å²) in [6, 6.07) is 4.09. The van der Waals surface area contributed by atoms with Gasteiger partial charge < -0.3 is 21.1 Å². The van der Waals surface area contributed by atoms with Crippen LogP contribution in [0.4, 0.5) is 0 Å². The zero-order chi connectivity index (χ0) is 9.84. The van der Waals surface area contributed by atoms with Crippen molar-refractivity contribution in [3.8, 4) is 11.5 Å². The van der Waals surface area contributed by atoms with Gasteiger partial charge in [0.25, 0.3) is 0 Å². The third-order valence-electron chi connectivity index (χ3n) is 1.87. The molecule has 1 atom stereocenters. The first-order valence-electron chi connectivity index (χ1n) is 4.03. The van der Waals surface area contributed by atoms with E-state index in [1.165, 1.54) is 12.1 Å². The molecule has 1 aromatic rings. The van der Waals surface area contributed by atoms with Gasteiger partial charge in [-0.15, -0.1) is 12.4 Å². The van der Waals surface area contributed by atoms with Gasteiger partial charge in [0.1, 0.15) is 0 Å². The maximum Gasteiger partial charge on any atom is 0.157 e. The molecule has 1 rings (SSSR count). The van der Waals surface area contributed by atoms with Crippen molar-refractivity contribution in [1.82, 2.24) is 0 Å². The lowest BCUT2D eigenvalue weighted by Crippen LogP contribution is -2.11. The predicted octanol–water partition coefficient (Wildman–Crippen LogP) is 0.902. The van der Waals surface area contributed by atoms with Crippen LogP contribution in [0.3, 0.4) is 0 Å². The van der Waals surface area contributed by atoms with Crippen molar-refractivity contribution in [1.29, 1.82) is 0 Å². The highest BCUT2D eigenvalue weighted by molar-refractivity contribution is 5.85. The third kappa shape index (κ3) is 3.06. The second-order valence-corrected chi connectivity index (χ2v) is 2.87. The molecular weight excluding hydrogens is 206 g/mol. The summed E-state index contributed by atoms with van der Waals surface area (Å²) in [4.78, 5) is 0. The molecule has 0 spiro atoms. The van der Waals surface area contributed by atoms with Gasteiger partial charge in [0.15, 0.2) is 11.5 Å². The molecule has 0 saturated carbocycles. The van der Waals surface area contributed by atoms with Crippen molar-refractivity contribution in [2.45, 2.75) is 12.5 Å². The lowest BCUT2D eigenvalue weighted by Gasteiger charge is -2.10. The van der Waals surface area contributed by atoms with E-state index >= 15 is 0 Å². The van der Waals surface area contributed by atoms with Gasteiger partial charge in [0.2, 0.25) is 0 Å². The van der Waals surface area contributed by atoms with Crippen LogP contribution >= 0.6 is 12.4 Å². The molecule has 0 saturated heterocycles. The number of phenolic OH excluding ortho intramolecular Hbond substituents is 2. The smallest absolute Gasteiger partial charge is 0.157 e. The Bertz CT molecular complexity index is 293. The number of phenols is 2. The first-order chi connectivity index (χ1) is 6.15. The highest BCUT2D eigenvalue weighted by Gasteiger charge is 2.07. The standard InChI is InChI=1S/C9H13NO3.ClH/c10-7(3-4-11)6-1-2-8(12)9(13)5-6;/h1-2,5,7,11-13H,3-4,10H2;1H/t7-;/m1./s1. The van der Waals surface area contributed by atoms with Crippen LogP contribution in [0.1, 0.15) is 18.0 Å². The fourth-order valence-corrected chi connectivity index (χ4v) is 1.08. The van der Waals surface area contributed by atoms with Crippen molar-refractivity contribution in [2.75, 3.05) is 6.61 Å². The first kappa shape index (κ1) is 13.0. The number of aliphatic hydroxyl groups is 1. The number of rotatable bonds is 3. The van der Waals surface area contributed by atoms with E-state index in [1.54, 1.807) is 6.07 Å². The molecule has 1 aromatic carbocycles. The SMILES string of the molecule is Cl.N[C@H](CCO)c1ccc(O)c(O)c1. The number of aromatic hydroxyl groups is 2. The Balaban J connectivity index is 0.00000169. The van der Waals surface area contributed by atoms with Crippen molar-refractivity contribution in [3.63, 3.8) is 0 Å². The molecule has 0 fully saturated rings. The summed E-state index contributed by atoms with van der Waals surface area (Å²) in [5.41, 5.74) is 6.37. The summed E-state index contributed by atoms with van der Waals surface area (Å²) >= 11 is 0. The second kappa shape index (κ2) is 5.70. The van der Waals surface area contributed by atoms with Gasteiger partial charge in [-0.2, -0.15) is 0 Å². The fourth-order valence-electron chi connectivity index (χ4n) is 1.08. The Morgan fingerprint density at radius 2 is 1.86 bits per heavy atom. The molecule has 0 unspecified atom stereocenters. The third-order valence-corrected chi connectivity index (χ3v) is 1.87. The predicted molar refractivity (Wildman–Crippen MR) is 55.7 cm³/mol. The number of nitrogens with two attached hydrogens (primary N) is 1. The maximum absolute atomic E-state index is 9.15. The number of benzene rings is 1. The lowest BCUT2D eigenvalue weighted by atomic mass is 10.0. The van der Waals surface area contributed by atoms with E-state index in [-0.39, 0.29) is 36.6 Å². The molecule has 0 aliphatic rings. The van der Waals surface area contributed by atoms with E-state index in [0.29, 0.717) is 12.0 Å². The highest BCUT2D eigenvalue weighted by Crippen LogP contribution is 2.27. The van der Waals surface area contributed by atoms with Gasteiger partial charge in [0, 0.05) is 12.6 Å². The second-order valence-electron chi connectivity index (χ2n) is 2.87. The minimum Gasteiger partial charge on any atom is -0.504 e. The molecule has 0 aliphatic carbocycles. The number of halogens is 1. The molecule has 0 amide bonds. The van der Waals surface area contributed by atoms with E-state index in [1.807, 2.05) is 0 Å². The van der Waals surface area contributed by atoms with Crippen LogP contribution in [-0.2, 0) is 0 Å². The quantitative estimate of drug-likeness (QED) is 0.569. The van der Waals surface area contributed by atoms with Gasteiger partial charge in [0.05, 0.1) is 0 Å². The van der Waals surface area contributed by atoms with Gasteiger partial charge in [-0.3, -0.25) is 0 Å². The van der Waals surface area contributed by atoms with E-state index < -0.39 is 0 Å². The molecule has 80 valence electrons. The summed E-state index contributed by atoms with van der Waals surface area (Å²) in [5, 5.41) is 26.8. The summed E-state index contributed by atoms with van der Waals surface area (Å²) in [5.74, 6) is -0.356. The monoisotopic (exact) mass is 219 g/mol. The van der Waals surface area contributed by atoms with Crippen LogP contribution in [0.15, 0.2) is 18.2 Å². The fraction of sp³-hybridized carbons (Fsp3) is 0.333. The van der Waals surface area contributed by atoms with Gasteiger partial charge in [-0.05, 0) is 24.1 Å². The highest BCUT2D eigenvalue weighted by atomic mass is 35.5. The summed E-state index contributed by atoms with van der Waals surface area (Å²) in [6.07, 6.45) is 0.435. The Kier molecular flexibility index (Phi) is 5.30. The van der Waals surface area contributed by atoms with Gasteiger partial charge >= 0.3 is 0 Å². The topological polar surface area (TPSA) is 86.7 Å². The minimum atomic E-state index is -0.309. The maximum atomic E-state index is 9.15. The molecule has 5 heteroatoms. The Labute approximate surface area is 88.4 Å². The lowest BCUT2D eigenvalue weighted by molar-refractivity contribution is 0.276. The Morgan fingerprint density at radius 1 is 1.21 bits per heavy atom. The van der Waals surface area contributed by atoms with E-state index in [9.17, 15) is 0 Å². The molecular formula is C9H14ClNO3. The first-order valence-corrected chi connectivity index (χ1v) is 4.03. The summed E-state index contributed by atoms with van der Waals surface area (Å²) in [7, 11) is 0. The molecule has 5 N–H and O–H groups in total. The molecule has 14 heavy (non-hydrogen) atoms. The Hall–Kier alpha value is -0.970. The van der Waals surface area contributed by atoms with Crippen LogP contribution in [0.25, 0.3) is 0 Å². The number of aliphatic hydroxyl groups excluding tert-OH is 1. The molecule has 0 aliphatic heterocycles. The summed E-state index contributed by atoms with van der Waals surface area (Å²) in [6.45, 7) is 0.00278. The van der Waals surface area contributed by atoms with E-state index in [0.717, 1.165) is 0 Å². The average Bonchev–Trinajstić information content (AvgIpc) is 2.10.